The molecule has 0 aliphatic carbocycles. The summed E-state index contributed by atoms with van der Waals surface area (Å²) in [5, 5.41) is 3.42. The Morgan fingerprint density at radius 1 is 1.06 bits per heavy atom. The predicted molar refractivity (Wildman–Crippen MR) is 138 cm³/mol. The highest BCUT2D eigenvalue weighted by Crippen LogP contribution is 2.32. The Morgan fingerprint density at radius 2 is 1.83 bits per heavy atom. The van der Waals surface area contributed by atoms with E-state index in [9.17, 15) is 9.18 Å². The number of hydrogen-bond acceptors (Lipinski definition) is 5. The predicted octanol–water partition coefficient (Wildman–Crippen LogP) is 5.73. The van der Waals surface area contributed by atoms with Crippen LogP contribution in [0.15, 0.2) is 66.4 Å². The summed E-state index contributed by atoms with van der Waals surface area (Å²) in [6.07, 6.45) is 1.70. The van der Waals surface area contributed by atoms with E-state index in [1.165, 1.54) is 23.1 Å². The normalized spacial score (nSPS) is 14.3. The lowest BCUT2D eigenvalue weighted by Crippen LogP contribution is -2.30. The third-order valence-corrected chi connectivity index (χ3v) is 5.76. The van der Waals surface area contributed by atoms with Crippen LogP contribution in [0, 0.1) is 5.82 Å². The first-order valence-corrected chi connectivity index (χ1v) is 11.5. The largest absolute Gasteiger partial charge is 0.496 e. The molecule has 35 heavy (non-hydrogen) atoms. The SMILES string of the molecule is CCOc1ccccc1N1C(=O)/C(=C\c2ccc(OC)c(COc3ccc(F)cc3Cl)c2)NC1=S. The minimum atomic E-state index is -0.446. The van der Waals surface area contributed by atoms with Crippen LogP contribution >= 0.6 is 23.8 Å². The van der Waals surface area contributed by atoms with Crippen LogP contribution in [0.2, 0.25) is 5.02 Å². The molecule has 1 heterocycles. The van der Waals surface area contributed by atoms with Gasteiger partial charge in [0.2, 0.25) is 0 Å². The molecule has 0 atom stereocenters. The van der Waals surface area contributed by atoms with Crippen molar-refractivity contribution in [2.45, 2.75) is 13.5 Å². The first-order chi connectivity index (χ1) is 16.9. The van der Waals surface area contributed by atoms with Gasteiger partial charge in [0.1, 0.15) is 35.4 Å². The molecule has 3 aromatic carbocycles. The van der Waals surface area contributed by atoms with Crippen LogP contribution < -0.4 is 24.4 Å². The molecule has 9 heteroatoms. The number of nitrogens with one attached hydrogen (secondary N) is 1. The van der Waals surface area contributed by atoms with Crippen LogP contribution in [0.3, 0.4) is 0 Å². The fourth-order valence-electron chi connectivity index (χ4n) is 3.59. The highest BCUT2D eigenvalue weighted by atomic mass is 35.5. The van der Waals surface area contributed by atoms with E-state index in [4.69, 9.17) is 38.0 Å². The average molecular weight is 513 g/mol. The standard InChI is InChI=1S/C26H22ClFN2O4S/c1-3-33-24-7-5-4-6-21(24)30-25(31)20(29-26(30)35)13-16-8-10-22(32-2)17(12-16)15-34-23-11-9-18(28)14-19(23)27/h4-14H,3,15H2,1-2H3,(H,29,35)/b20-13+. The number of benzene rings is 3. The van der Waals surface area contributed by atoms with Gasteiger partial charge >= 0.3 is 0 Å². The zero-order valence-electron chi connectivity index (χ0n) is 19.0. The lowest BCUT2D eigenvalue weighted by atomic mass is 10.1. The van der Waals surface area contributed by atoms with Crippen molar-refractivity contribution in [1.82, 2.24) is 5.32 Å². The Morgan fingerprint density at radius 3 is 2.57 bits per heavy atom. The number of ether oxygens (including phenoxy) is 3. The van der Waals surface area contributed by atoms with Crippen molar-refractivity contribution >= 4 is 46.6 Å². The smallest absolute Gasteiger partial charge is 0.281 e. The molecule has 1 saturated heterocycles. The first kappa shape index (κ1) is 24.5. The number of carbonyl (C=O) groups excluding carboxylic acids is 1. The van der Waals surface area contributed by atoms with Crippen LogP contribution in [0.4, 0.5) is 10.1 Å². The van der Waals surface area contributed by atoms with E-state index >= 15 is 0 Å². The molecule has 1 fully saturated rings. The maximum absolute atomic E-state index is 13.3. The summed E-state index contributed by atoms with van der Waals surface area (Å²) in [4.78, 5) is 14.6. The molecule has 0 unspecified atom stereocenters. The number of nitrogens with zero attached hydrogens (tertiary/aromatic N) is 1. The third-order valence-electron chi connectivity index (χ3n) is 5.18. The molecule has 1 aliphatic rings. The van der Waals surface area contributed by atoms with Crippen molar-refractivity contribution in [2.75, 3.05) is 18.6 Å². The van der Waals surface area contributed by atoms with Crippen molar-refractivity contribution in [1.29, 1.82) is 0 Å². The molecule has 6 nitrogen and oxygen atoms in total. The summed E-state index contributed by atoms with van der Waals surface area (Å²) in [7, 11) is 1.55. The molecule has 1 aliphatic heterocycles. The van der Waals surface area contributed by atoms with Crippen molar-refractivity contribution in [2.24, 2.45) is 0 Å². The molecule has 0 bridgehead atoms. The summed E-state index contributed by atoms with van der Waals surface area (Å²) in [5.74, 6) is 0.767. The second-order valence-corrected chi connectivity index (χ2v) is 8.26. The van der Waals surface area contributed by atoms with Gasteiger partial charge in [0.15, 0.2) is 5.11 Å². The summed E-state index contributed by atoms with van der Waals surface area (Å²) in [5.41, 5.74) is 2.34. The fourth-order valence-corrected chi connectivity index (χ4v) is 4.10. The highest BCUT2D eigenvalue weighted by molar-refractivity contribution is 7.80. The molecule has 4 rings (SSSR count). The van der Waals surface area contributed by atoms with Gasteiger partial charge in [0.05, 0.1) is 24.4 Å². The van der Waals surface area contributed by atoms with Gasteiger partial charge in [-0.25, -0.2) is 9.29 Å². The Labute approximate surface area is 212 Å². The van der Waals surface area contributed by atoms with E-state index in [1.807, 2.05) is 31.2 Å². The lowest BCUT2D eigenvalue weighted by Gasteiger charge is -2.18. The number of methoxy groups -OCH3 is 1. The minimum absolute atomic E-state index is 0.124. The van der Waals surface area contributed by atoms with Gasteiger partial charge in [0.25, 0.3) is 5.91 Å². The number of halogens is 2. The molecule has 0 saturated carbocycles. The summed E-state index contributed by atoms with van der Waals surface area (Å²) in [6.45, 7) is 2.46. The Bertz CT molecular complexity index is 1310. The topological polar surface area (TPSA) is 60.0 Å². The van der Waals surface area contributed by atoms with E-state index in [-0.39, 0.29) is 22.6 Å². The fraction of sp³-hybridized carbons (Fsp3) is 0.154. The van der Waals surface area contributed by atoms with E-state index in [0.717, 1.165) is 5.56 Å². The van der Waals surface area contributed by atoms with E-state index in [2.05, 4.69) is 5.32 Å². The zero-order valence-corrected chi connectivity index (χ0v) is 20.6. The van der Waals surface area contributed by atoms with Gasteiger partial charge in [-0.05, 0) is 73.2 Å². The quantitative estimate of drug-likeness (QED) is 0.307. The molecule has 0 radical (unpaired) electrons. The zero-order chi connectivity index (χ0) is 24.9. The molecular formula is C26H22ClFN2O4S. The van der Waals surface area contributed by atoms with Gasteiger partial charge in [-0.2, -0.15) is 0 Å². The van der Waals surface area contributed by atoms with Crippen molar-refractivity contribution < 1.29 is 23.4 Å². The van der Waals surface area contributed by atoms with Gasteiger partial charge in [-0.3, -0.25) is 4.79 Å². The van der Waals surface area contributed by atoms with Crippen LogP contribution in [-0.4, -0.2) is 24.7 Å². The second kappa shape index (κ2) is 10.8. The van der Waals surface area contributed by atoms with Crippen molar-refractivity contribution in [3.63, 3.8) is 0 Å². The van der Waals surface area contributed by atoms with Gasteiger partial charge in [-0.1, -0.05) is 29.8 Å². The number of para-hydroxylation sites is 2. The molecule has 1 N–H and O–H groups in total. The molecule has 180 valence electrons. The number of amides is 1. The highest BCUT2D eigenvalue weighted by Gasteiger charge is 2.33. The Hall–Kier alpha value is -3.62. The second-order valence-electron chi connectivity index (χ2n) is 7.46. The first-order valence-electron chi connectivity index (χ1n) is 10.7. The van der Waals surface area contributed by atoms with Crippen LogP contribution in [0.25, 0.3) is 6.08 Å². The lowest BCUT2D eigenvalue weighted by molar-refractivity contribution is -0.113. The maximum atomic E-state index is 13.3. The summed E-state index contributed by atoms with van der Waals surface area (Å²) >= 11 is 11.5. The monoisotopic (exact) mass is 512 g/mol. The van der Waals surface area contributed by atoms with Gasteiger partial charge < -0.3 is 19.5 Å². The molecule has 0 spiro atoms. The van der Waals surface area contributed by atoms with Crippen LogP contribution in [-0.2, 0) is 11.4 Å². The van der Waals surface area contributed by atoms with Crippen LogP contribution in [0.5, 0.6) is 17.2 Å². The number of carbonyl (C=O) groups is 1. The number of anilines is 1. The van der Waals surface area contributed by atoms with Gasteiger partial charge in [0, 0.05) is 5.56 Å². The summed E-state index contributed by atoms with van der Waals surface area (Å²) in [6, 6.07) is 16.6. The minimum Gasteiger partial charge on any atom is -0.496 e. The molecule has 0 aromatic heterocycles. The molecule has 1 amide bonds. The molecular weight excluding hydrogens is 491 g/mol. The Kier molecular flexibility index (Phi) is 7.53. The maximum Gasteiger partial charge on any atom is 0.281 e. The van der Waals surface area contributed by atoms with Crippen molar-refractivity contribution in [3.8, 4) is 17.2 Å². The average Bonchev–Trinajstić information content (AvgIpc) is 3.11. The van der Waals surface area contributed by atoms with Crippen LogP contribution in [0.1, 0.15) is 18.1 Å². The van der Waals surface area contributed by atoms with E-state index in [1.54, 1.807) is 31.4 Å². The third kappa shape index (κ3) is 5.39. The number of thiocarbonyl (C=S) groups is 1. The van der Waals surface area contributed by atoms with Crippen molar-refractivity contribution in [3.05, 3.63) is 88.3 Å². The Balaban J connectivity index is 1.59. The van der Waals surface area contributed by atoms with Gasteiger partial charge in [-0.15, -0.1) is 0 Å². The number of rotatable bonds is 8. The number of hydrogen-bond donors (Lipinski definition) is 1. The molecule has 3 aromatic rings. The van der Waals surface area contributed by atoms with E-state index in [0.29, 0.717) is 40.8 Å². The summed E-state index contributed by atoms with van der Waals surface area (Å²) < 4.78 is 30.2. The van der Waals surface area contributed by atoms with E-state index < -0.39 is 5.82 Å².